The molecule has 3 rings (SSSR count). The minimum Gasteiger partial charge on any atom is -0.497 e. The molecular weight excluding hydrogens is 274 g/mol. The largest absolute Gasteiger partial charge is 0.497 e. The van der Waals surface area contributed by atoms with Crippen molar-refractivity contribution in [3.05, 3.63) is 53.8 Å². The zero-order valence-corrected chi connectivity index (χ0v) is 11.6. The number of pyridine rings is 2. The van der Waals surface area contributed by atoms with E-state index in [-0.39, 0.29) is 0 Å². The van der Waals surface area contributed by atoms with Gasteiger partial charge in [-0.2, -0.15) is 0 Å². The first kappa shape index (κ1) is 12.7. The van der Waals surface area contributed by atoms with Gasteiger partial charge in [-0.05, 0) is 42.5 Å². The maximum atomic E-state index is 5.88. The van der Waals surface area contributed by atoms with Crippen molar-refractivity contribution >= 4 is 34.0 Å². The second-order valence-corrected chi connectivity index (χ2v) is 4.60. The number of anilines is 2. The van der Waals surface area contributed by atoms with E-state index in [0.717, 1.165) is 22.5 Å². The van der Waals surface area contributed by atoms with E-state index in [1.807, 2.05) is 36.4 Å². The highest BCUT2D eigenvalue weighted by molar-refractivity contribution is 6.29. The first-order chi connectivity index (χ1) is 9.76. The molecule has 0 aliphatic carbocycles. The normalized spacial score (nSPS) is 10.5. The van der Waals surface area contributed by atoms with Gasteiger partial charge in [0.1, 0.15) is 10.9 Å². The molecular formula is C15H12ClN3O. The van der Waals surface area contributed by atoms with Crippen LogP contribution in [0.15, 0.2) is 48.7 Å². The van der Waals surface area contributed by atoms with E-state index in [1.165, 1.54) is 0 Å². The van der Waals surface area contributed by atoms with E-state index < -0.39 is 0 Å². The van der Waals surface area contributed by atoms with E-state index in [2.05, 4.69) is 15.3 Å². The number of nitrogens with zero attached hydrogens (tertiary/aromatic N) is 2. The summed E-state index contributed by atoms with van der Waals surface area (Å²) in [5, 5.41) is 4.70. The highest BCUT2D eigenvalue weighted by Gasteiger charge is 2.04. The van der Waals surface area contributed by atoms with Crippen LogP contribution in [-0.4, -0.2) is 17.1 Å². The molecule has 0 bridgehead atoms. The molecule has 0 fully saturated rings. The van der Waals surface area contributed by atoms with E-state index in [4.69, 9.17) is 16.3 Å². The lowest BCUT2D eigenvalue weighted by atomic mass is 10.2. The van der Waals surface area contributed by atoms with Crippen LogP contribution in [0, 0.1) is 0 Å². The van der Waals surface area contributed by atoms with Crippen molar-refractivity contribution in [3.63, 3.8) is 0 Å². The molecule has 0 atom stereocenters. The quantitative estimate of drug-likeness (QED) is 0.738. The van der Waals surface area contributed by atoms with Crippen LogP contribution in [0.2, 0.25) is 5.15 Å². The Morgan fingerprint density at radius 3 is 2.60 bits per heavy atom. The summed E-state index contributed by atoms with van der Waals surface area (Å²) in [6.45, 7) is 0. The summed E-state index contributed by atoms with van der Waals surface area (Å²) in [6.07, 6.45) is 1.71. The van der Waals surface area contributed by atoms with Gasteiger partial charge in [0, 0.05) is 17.3 Å². The Morgan fingerprint density at radius 1 is 1.05 bits per heavy atom. The number of rotatable bonds is 3. The third-order valence-electron chi connectivity index (χ3n) is 2.94. The van der Waals surface area contributed by atoms with Crippen molar-refractivity contribution in [1.29, 1.82) is 0 Å². The molecule has 0 unspecified atom stereocenters. The van der Waals surface area contributed by atoms with Crippen LogP contribution >= 0.6 is 11.6 Å². The summed E-state index contributed by atoms with van der Waals surface area (Å²) >= 11 is 5.88. The van der Waals surface area contributed by atoms with Crippen LogP contribution in [0.3, 0.4) is 0 Å². The molecule has 100 valence electrons. The fourth-order valence-corrected chi connectivity index (χ4v) is 2.09. The molecule has 2 heterocycles. The van der Waals surface area contributed by atoms with Crippen molar-refractivity contribution < 1.29 is 4.74 Å². The molecule has 0 radical (unpaired) electrons. The molecule has 1 N–H and O–H groups in total. The Morgan fingerprint density at radius 2 is 1.85 bits per heavy atom. The van der Waals surface area contributed by atoms with E-state index >= 15 is 0 Å². The van der Waals surface area contributed by atoms with Gasteiger partial charge in [-0.15, -0.1) is 0 Å². The predicted octanol–water partition coefficient (Wildman–Crippen LogP) is 4.04. The number of halogens is 1. The lowest BCUT2D eigenvalue weighted by Crippen LogP contribution is -1.94. The fraction of sp³-hybridized carbons (Fsp3) is 0.0667. The molecule has 2 aromatic heterocycles. The highest BCUT2D eigenvalue weighted by Crippen LogP contribution is 2.26. The molecule has 0 aliphatic heterocycles. The first-order valence-corrected chi connectivity index (χ1v) is 6.46. The summed E-state index contributed by atoms with van der Waals surface area (Å²) in [5.41, 5.74) is 2.52. The predicted molar refractivity (Wildman–Crippen MR) is 80.8 cm³/mol. The van der Waals surface area contributed by atoms with Gasteiger partial charge >= 0.3 is 0 Å². The number of fused-ring (bicyclic) bond motifs is 1. The summed E-state index contributed by atoms with van der Waals surface area (Å²) < 4.78 is 5.14. The van der Waals surface area contributed by atoms with Crippen molar-refractivity contribution in [3.8, 4) is 5.75 Å². The minimum atomic E-state index is 0.437. The van der Waals surface area contributed by atoms with Crippen LogP contribution in [0.4, 0.5) is 11.4 Å². The molecule has 20 heavy (non-hydrogen) atoms. The summed E-state index contributed by atoms with van der Waals surface area (Å²) in [5.74, 6) is 0.823. The molecule has 1 aromatic carbocycles. The zero-order valence-electron chi connectivity index (χ0n) is 10.8. The third kappa shape index (κ3) is 2.51. The van der Waals surface area contributed by atoms with E-state index in [0.29, 0.717) is 10.8 Å². The summed E-state index contributed by atoms with van der Waals surface area (Å²) in [6, 6.07) is 13.3. The number of aromatic nitrogens is 2. The summed E-state index contributed by atoms with van der Waals surface area (Å²) in [7, 11) is 1.65. The van der Waals surface area contributed by atoms with Crippen LogP contribution in [0.25, 0.3) is 11.0 Å². The van der Waals surface area contributed by atoms with E-state index in [1.54, 1.807) is 19.4 Å². The van der Waals surface area contributed by atoms with Crippen molar-refractivity contribution in [2.45, 2.75) is 0 Å². The lowest BCUT2D eigenvalue weighted by molar-refractivity contribution is 0.415. The topological polar surface area (TPSA) is 47.0 Å². The van der Waals surface area contributed by atoms with Gasteiger partial charge in [-0.1, -0.05) is 11.6 Å². The number of hydrogen-bond donors (Lipinski definition) is 1. The molecule has 4 nitrogen and oxygen atoms in total. The number of methoxy groups -OCH3 is 1. The average molecular weight is 286 g/mol. The second-order valence-electron chi connectivity index (χ2n) is 4.22. The number of hydrogen-bond acceptors (Lipinski definition) is 4. The van der Waals surface area contributed by atoms with Gasteiger partial charge in [-0.3, -0.25) is 0 Å². The Balaban J connectivity index is 1.97. The van der Waals surface area contributed by atoms with Crippen molar-refractivity contribution in [1.82, 2.24) is 9.97 Å². The van der Waals surface area contributed by atoms with Crippen LogP contribution in [0.5, 0.6) is 5.75 Å². The van der Waals surface area contributed by atoms with Crippen molar-refractivity contribution in [2.24, 2.45) is 0 Å². The average Bonchev–Trinajstić information content (AvgIpc) is 2.48. The Bertz CT molecular complexity index is 744. The Labute approximate surface area is 121 Å². The Hall–Kier alpha value is -2.33. The maximum Gasteiger partial charge on any atom is 0.162 e. The molecule has 0 aliphatic rings. The molecule has 0 amide bonds. The molecule has 0 saturated heterocycles. The third-order valence-corrected chi connectivity index (χ3v) is 3.15. The summed E-state index contributed by atoms with van der Waals surface area (Å²) in [4.78, 5) is 8.42. The number of ether oxygens (including phenoxy) is 1. The van der Waals surface area contributed by atoms with Crippen molar-refractivity contribution in [2.75, 3.05) is 12.4 Å². The second kappa shape index (κ2) is 5.35. The highest BCUT2D eigenvalue weighted by atomic mass is 35.5. The molecule has 0 saturated carbocycles. The fourth-order valence-electron chi connectivity index (χ4n) is 1.94. The van der Waals surface area contributed by atoms with Gasteiger partial charge in [0.15, 0.2) is 5.65 Å². The van der Waals surface area contributed by atoms with Gasteiger partial charge in [-0.25, -0.2) is 9.97 Å². The monoisotopic (exact) mass is 285 g/mol. The van der Waals surface area contributed by atoms with E-state index in [9.17, 15) is 0 Å². The van der Waals surface area contributed by atoms with Crippen LogP contribution in [0.1, 0.15) is 0 Å². The first-order valence-electron chi connectivity index (χ1n) is 6.08. The lowest BCUT2D eigenvalue weighted by Gasteiger charge is -2.09. The Kier molecular flexibility index (Phi) is 3.39. The SMILES string of the molecule is COc1ccc(Nc2ccnc3nc(Cl)ccc23)cc1. The minimum absolute atomic E-state index is 0.437. The number of nitrogens with one attached hydrogen (secondary N) is 1. The maximum absolute atomic E-state index is 5.88. The van der Waals surface area contributed by atoms with Gasteiger partial charge in [0.2, 0.25) is 0 Å². The van der Waals surface area contributed by atoms with Gasteiger partial charge < -0.3 is 10.1 Å². The standard InChI is InChI=1S/C15H12ClN3O/c1-20-11-4-2-10(3-5-11)18-13-8-9-17-15-12(13)6-7-14(16)19-15/h2-9H,1H3,(H,17,18,19). The molecule has 3 aromatic rings. The zero-order chi connectivity index (χ0) is 13.9. The molecule has 5 heteroatoms. The number of benzene rings is 1. The smallest absolute Gasteiger partial charge is 0.162 e. The van der Waals surface area contributed by atoms with Gasteiger partial charge in [0.05, 0.1) is 12.8 Å². The molecule has 0 spiro atoms. The van der Waals surface area contributed by atoms with Gasteiger partial charge in [0.25, 0.3) is 0 Å². The van der Waals surface area contributed by atoms with Crippen LogP contribution < -0.4 is 10.1 Å². The van der Waals surface area contributed by atoms with Crippen LogP contribution in [-0.2, 0) is 0 Å².